The highest BCUT2D eigenvalue weighted by Gasteiger charge is 2.38. The SMILES string of the molecule is Cc1cc(C)c(S(=O)(=O)N2CC(CN)CC2C)c(C)c1. The molecule has 0 bridgehead atoms. The summed E-state index contributed by atoms with van der Waals surface area (Å²) in [5, 5.41) is 0. The topological polar surface area (TPSA) is 63.4 Å². The van der Waals surface area contributed by atoms with Crippen LogP contribution in [0, 0.1) is 26.7 Å². The fraction of sp³-hybridized carbons (Fsp3) is 0.600. The van der Waals surface area contributed by atoms with Gasteiger partial charge in [-0.15, -0.1) is 0 Å². The van der Waals surface area contributed by atoms with Gasteiger partial charge in [0, 0.05) is 12.6 Å². The fourth-order valence-electron chi connectivity index (χ4n) is 3.31. The Kier molecular flexibility index (Phi) is 4.23. The van der Waals surface area contributed by atoms with E-state index in [2.05, 4.69) is 0 Å². The first-order valence-electron chi connectivity index (χ1n) is 7.07. The lowest BCUT2D eigenvalue weighted by Gasteiger charge is -2.23. The molecule has 1 aromatic carbocycles. The number of benzene rings is 1. The molecule has 2 unspecified atom stereocenters. The van der Waals surface area contributed by atoms with Gasteiger partial charge in [0.25, 0.3) is 0 Å². The quantitative estimate of drug-likeness (QED) is 0.927. The second kappa shape index (κ2) is 5.47. The zero-order valence-electron chi connectivity index (χ0n) is 12.7. The van der Waals surface area contributed by atoms with Crippen LogP contribution in [0.25, 0.3) is 0 Å². The van der Waals surface area contributed by atoms with Crippen molar-refractivity contribution in [3.05, 3.63) is 28.8 Å². The van der Waals surface area contributed by atoms with E-state index in [0.29, 0.717) is 18.0 Å². The molecule has 1 saturated heterocycles. The summed E-state index contributed by atoms with van der Waals surface area (Å²) in [6.45, 7) is 8.77. The molecule has 0 amide bonds. The first kappa shape index (κ1) is 15.5. The number of hydrogen-bond donors (Lipinski definition) is 1. The van der Waals surface area contributed by atoms with Gasteiger partial charge in [0.15, 0.2) is 0 Å². The van der Waals surface area contributed by atoms with Crippen molar-refractivity contribution in [2.24, 2.45) is 11.7 Å². The maximum atomic E-state index is 12.9. The molecular weight excluding hydrogens is 272 g/mol. The molecule has 112 valence electrons. The van der Waals surface area contributed by atoms with Crippen molar-refractivity contribution in [3.63, 3.8) is 0 Å². The summed E-state index contributed by atoms with van der Waals surface area (Å²) in [4.78, 5) is 0.465. The molecule has 2 N–H and O–H groups in total. The molecular formula is C15H24N2O2S. The van der Waals surface area contributed by atoms with Gasteiger partial charge in [-0.2, -0.15) is 4.31 Å². The minimum atomic E-state index is -3.43. The highest BCUT2D eigenvalue weighted by Crippen LogP contribution is 2.32. The number of hydrogen-bond acceptors (Lipinski definition) is 3. The van der Waals surface area contributed by atoms with Gasteiger partial charge < -0.3 is 5.73 Å². The van der Waals surface area contributed by atoms with Crippen LogP contribution >= 0.6 is 0 Å². The van der Waals surface area contributed by atoms with E-state index in [9.17, 15) is 8.42 Å². The van der Waals surface area contributed by atoms with E-state index < -0.39 is 10.0 Å². The third-order valence-corrected chi connectivity index (χ3v) is 6.40. The maximum absolute atomic E-state index is 12.9. The Balaban J connectivity index is 2.46. The van der Waals surface area contributed by atoms with Gasteiger partial charge >= 0.3 is 0 Å². The van der Waals surface area contributed by atoms with Crippen LogP contribution in [0.1, 0.15) is 30.0 Å². The number of aryl methyl sites for hydroxylation is 3. The van der Waals surface area contributed by atoms with Gasteiger partial charge in [0.2, 0.25) is 10.0 Å². The van der Waals surface area contributed by atoms with Gasteiger partial charge in [-0.3, -0.25) is 0 Å². The monoisotopic (exact) mass is 296 g/mol. The fourth-order valence-corrected chi connectivity index (χ4v) is 5.44. The van der Waals surface area contributed by atoms with E-state index in [1.165, 1.54) is 0 Å². The molecule has 2 rings (SSSR count). The van der Waals surface area contributed by atoms with Crippen LogP contribution in [0.4, 0.5) is 0 Å². The Hall–Kier alpha value is -0.910. The Morgan fingerprint density at radius 3 is 2.25 bits per heavy atom. The van der Waals surface area contributed by atoms with Gasteiger partial charge in [-0.25, -0.2) is 8.42 Å². The van der Waals surface area contributed by atoms with Crippen LogP contribution in [0.2, 0.25) is 0 Å². The Bertz CT molecular complexity index is 587. The largest absolute Gasteiger partial charge is 0.330 e. The molecule has 5 heteroatoms. The van der Waals surface area contributed by atoms with Gasteiger partial charge in [0.05, 0.1) is 4.90 Å². The molecule has 4 nitrogen and oxygen atoms in total. The van der Waals surface area contributed by atoms with Crippen molar-refractivity contribution in [2.45, 2.75) is 45.1 Å². The first-order valence-corrected chi connectivity index (χ1v) is 8.51. The predicted molar refractivity (Wildman–Crippen MR) is 81.2 cm³/mol. The van der Waals surface area contributed by atoms with Crippen LogP contribution in [0.5, 0.6) is 0 Å². The number of nitrogens with zero attached hydrogens (tertiary/aromatic N) is 1. The van der Waals surface area contributed by atoms with Gasteiger partial charge in [-0.05, 0) is 57.7 Å². The molecule has 1 heterocycles. The van der Waals surface area contributed by atoms with E-state index in [4.69, 9.17) is 5.73 Å². The molecule has 0 radical (unpaired) electrons. The predicted octanol–water partition coefficient (Wildman–Crippen LogP) is 1.97. The molecule has 0 aliphatic carbocycles. The highest BCUT2D eigenvalue weighted by atomic mass is 32.2. The van der Waals surface area contributed by atoms with Crippen LogP contribution in [-0.2, 0) is 10.0 Å². The van der Waals surface area contributed by atoms with E-state index >= 15 is 0 Å². The lowest BCUT2D eigenvalue weighted by Crippen LogP contribution is -2.35. The van der Waals surface area contributed by atoms with Crippen molar-refractivity contribution >= 4 is 10.0 Å². The lowest BCUT2D eigenvalue weighted by molar-refractivity contribution is 0.404. The molecule has 0 spiro atoms. The third kappa shape index (κ3) is 2.62. The van der Waals surface area contributed by atoms with Gasteiger partial charge in [0.1, 0.15) is 0 Å². The van der Waals surface area contributed by atoms with E-state index in [1.807, 2.05) is 39.8 Å². The molecule has 1 aromatic rings. The lowest BCUT2D eigenvalue weighted by atomic mass is 10.1. The van der Waals surface area contributed by atoms with E-state index in [1.54, 1.807) is 4.31 Å². The zero-order chi connectivity index (χ0) is 15.1. The van der Waals surface area contributed by atoms with Crippen LogP contribution in [0.3, 0.4) is 0 Å². The Labute approximate surface area is 122 Å². The molecule has 0 aromatic heterocycles. The average molecular weight is 296 g/mol. The summed E-state index contributed by atoms with van der Waals surface area (Å²) >= 11 is 0. The summed E-state index contributed by atoms with van der Waals surface area (Å²) in [5.41, 5.74) is 8.44. The molecule has 1 fully saturated rings. The smallest absolute Gasteiger partial charge is 0.243 e. The second-order valence-corrected chi connectivity index (χ2v) is 7.82. The van der Waals surface area contributed by atoms with Crippen molar-refractivity contribution in [1.82, 2.24) is 4.31 Å². The maximum Gasteiger partial charge on any atom is 0.243 e. The Morgan fingerprint density at radius 1 is 1.25 bits per heavy atom. The van der Waals surface area contributed by atoms with Crippen molar-refractivity contribution < 1.29 is 8.42 Å². The van der Waals surface area contributed by atoms with Crippen molar-refractivity contribution in [2.75, 3.05) is 13.1 Å². The highest BCUT2D eigenvalue weighted by molar-refractivity contribution is 7.89. The molecule has 20 heavy (non-hydrogen) atoms. The average Bonchev–Trinajstić information content (AvgIpc) is 2.69. The number of rotatable bonds is 3. The summed E-state index contributed by atoms with van der Waals surface area (Å²) in [6, 6.07) is 3.89. The van der Waals surface area contributed by atoms with E-state index in [0.717, 1.165) is 23.1 Å². The number of sulfonamides is 1. The molecule has 1 aliphatic heterocycles. The van der Waals surface area contributed by atoms with Gasteiger partial charge in [-0.1, -0.05) is 17.7 Å². The van der Waals surface area contributed by atoms with E-state index in [-0.39, 0.29) is 12.0 Å². The first-order chi connectivity index (χ1) is 9.27. The second-order valence-electron chi connectivity index (χ2n) is 5.99. The third-order valence-electron chi connectivity index (χ3n) is 4.11. The van der Waals surface area contributed by atoms with Crippen molar-refractivity contribution in [1.29, 1.82) is 0 Å². The van der Waals surface area contributed by atoms with Crippen LogP contribution in [-0.4, -0.2) is 31.9 Å². The summed E-state index contributed by atoms with van der Waals surface area (Å²) < 4.78 is 27.5. The Morgan fingerprint density at radius 2 is 1.80 bits per heavy atom. The van der Waals surface area contributed by atoms with Crippen LogP contribution in [0.15, 0.2) is 17.0 Å². The molecule has 0 saturated carbocycles. The summed E-state index contributed by atoms with van der Waals surface area (Å²) in [5.74, 6) is 0.269. The van der Waals surface area contributed by atoms with Crippen LogP contribution < -0.4 is 5.73 Å². The minimum absolute atomic E-state index is 0.0219. The zero-order valence-corrected chi connectivity index (χ0v) is 13.5. The minimum Gasteiger partial charge on any atom is -0.330 e. The summed E-state index contributed by atoms with van der Waals surface area (Å²) in [7, 11) is -3.43. The van der Waals surface area contributed by atoms with Crippen molar-refractivity contribution in [3.8, 4) is 0 Å². The molecule has 2 atom stereocenters. The summed E-state index contributed by atoms with van der Waals surface area (Å²) in [6.07, 6.45) is 0.847. The standard InChI is InChI=1S/C15H24N2O2S/c1-10-5-11(2)15(12(3)6-10)20(18,19)17-9-14(8-16)7-13(17)4/h5-6,13-14H,7-9,16H2,1-4H3. The normalized spacial score (nSPS) is 24.2. The number of nitrogens with two attached hydrogens (primary N) is 1. The molecule has 1 aliphatic rings.